The van der Waals surface area contributed by atoms with E-state index in [1.807, 2.05) is 0 Å². The smallest absolute Gasteiger partial charge is 0.216 e. The molecule has 2 unspecified atom stereocenters. The summed E-state index contributed by atoms with van der Waals surface area (Å²) in [4.78, 5) is 0. The van der Waals surface area contributed by atoms with Gasteiger partial charge in [0.1, 0.15) is 17.1 Å². The number of allylic oxidation sites excluding steroid dienone is 2. The lowest BCUT2D eigenvalue weighted by atomic mass is 9.81. The highest BCUT2D eigenvalue weighted by Gasteiger charge is 2.42. The highest BCUT2D eigenvalue weighted by Crippen LogP contribution is 2.44. The molecule has 0 bridgehead atoms. The summed E-state index contributed by atoms with van der Waals surface area (Å²) in [5, 5.41) is 5.74. The van der Waals surface area contributed by atoms with E-state index in [0.717, 1.165) is 24.1 Å². The summed E-state index contributed by atoms with van der Waals surface area (Å²) in [7, 11) is 0. The Kier molecular flexibility index (Phi) is 5.80. The number of nitrogens with zero attached hydrogens (tertiary/aromatic N) is 2. The van der Waals surface area contributed by atoms with Crippen LogP contribution >= 0.6 is 11.3 Å². The van der Waals surface area contributed by atoms with Gasteiger partial charge in [-0.2, -0.15) is 9.13 Å². The van der Waals surface area contributed by atoms with Crippen LogP contribution in [-0.4, -0.2) is 0 Å². The molecule has 0 saturated carbocycles. The van der Waals surface area contributed by atoms with E-state index < -0.39 is 0 Å². The fourth-order valence-corrected chi connectivity index (χ4v) is 8.50. The summed E-state index contributed by atoms with van der Waals surface area (Å²) in [6.07, 6.45) is 10.4. The summed E-state index contributed by atoms with van der Waals surface area (Å²) in [6.45, 7) is 9.98. The molecule has 7 aromatic rings. The molecule has 9 rings (SSSR count). The summed E-state index contributed by atoms with van der Waals surface area (Å²) in [6, 6.07) is 29.8. The summed E-state index contributed by atoms with van der Waals surface area (Å²) < 4.78 is 13.2. The average molecular weight is 605 g/mol. The molecule has 4 aromatic heterocycles. The molecule has 6 heterocycles. The molecule has 3 aromatic carbocycles. The molecule has 0 fully saturated rings. The molecule has 220 valence electrons. The van der Waals surface area contributed by atoms with Gasteiger partial charge in [0.25, 0.3) is 0 Å². The van der Waals surface area contributed by atoms with Crippen molar-refractivity contribution < 1.29 is 13.6 Å². The van der Waals surface area contributed by atoms with Crippen LogP contribution in [0, 0.1) is 6.92 Å². The zero-order chi connectivity index (χ0) is 30.4. The summed E-state index contributed by atoms with van der Waals surface area (Å²) >= 11 is 1.77. The predicted octanol–water partition coefficient (Wildman–Crippen LogP) is 9.77. The molecule has 0 N–H and O–H groups in total. The Balaban J connectivity index is 1.35. The highest BCUT2D eigenvalue weighted by atomic mass is 32.1. The quantitative estimate of drug-likeness (QED) is 0.125. The number of aryl methyl sites for hydroxylation is 1. The molecule has 0 spiro atoms. The molecule has 2 aliphatic rings. The standard InChI is InChI=1S/C41H36N2OS/c1-25-12-16-35-29-10-6-5-9-28(29)33-24-42-20-18-27(41(2,3)4)22-36(42)38-26(8-7-11-34(33)43(35)23-25)13-14-31-30-15-17-37-32(19-21-45-37)39(30)44-40(31)38/h5-7,9-23,33-34H,8,24H2,1-4H3/q+2/b11-7+. The third kappa shape index (κ3) is 4.08. The van der Waals surface area contributed by atoms with Crippen molar-refractivity contribution in [2.24, 2.45) is 0 Å². The lowest BCUT2D eigenvalue weighted by Crippen LogP contribution is -2.51. The Morgan fingerprint density at radius 2 is 1.69 bits per heavy atom. The van der Waals surface area contributed by atoms with E-state index in [1.165, 1.54) is 65.6 Å². The fraction of sp³-hybridized carbons (Fsp3) is 0.220. The number of hydrogen-bond donors (Lipinski definition) is 0. The van der Waals surface area contributed by atoms with Crippen molar-refractivity contribution in [2.75, 3.05) is 0 Å². The molecule has 2 atom stereocenters. The molecule has 0 radical (unpaired) electrons. The van der Waals surface area contributed by atoms with Gasteiger partial charge in [0.2, 0.25) is 11.4 Å². The largest absolute Gasteiger partial charge is 0.454 e. The van der Waals surface area contributed by atoms with Crippen molar-refractivity contribution in [3.05, 3.63) is 131 Å². The zero-order valence-electron chi connectivity index (χ0n) is 26.2. The van der Waals surface area contributed by atoms with Crippen molar-refractivity contribution in [1.82, 2.24) is 0 Å². The minimum atomic E-state index is 0.0158. The molecular weight excluding hydrogens is 569 g/mol. The zero-order valence-corrected chi connectivity index (χ0v) is 27.0. The van der Waals surface area contributed by atoms with Crippen LogP contribution in [-0.2, 0) is 18.4 Å². The second-order valence-corrected chi connectivity index (χ2v) is 14.8. The first-order valence-corrected chi connectivity index (χ1v) is 16.9. The van der Waals surface area contributed by atoms with Crippen LogP contribution < -0.4 is 9.13 Å². The topological polar surface area (TPSA) is 20.9 Å². The first-order chi connectivity index (χ1) is 21.8. The lowest BCUT2D eigenvalue weighted by molar-refractivity contribution is -0.733. The van der Waals surface area contributed by atoms with E-state index in [0.29, 0.717) is 0 Å². The first kappa shape index (κ1) is 26.8. The van der Waals surface area contributed by atoms with E-state index in [-0.39, 0.29) is 17.4 Å². The van der Waals surface area contributed by atoms with E-state index in [2.05, 4.69) is 146 Å². The Morgan fingerprint density at radius 3 is 2.58 bits per heavy atom. The number of pyridine rings is 2. The van der Waals surface area contributed by atoms with Gasteiger partial charge in [-0.3, -0.25) is 0 Å². The van der Waals surface area contributed by atoms with Crippen molar-refractivity contribution >= 4 is 43.4 Å². The van der Waals surface area contributed by atoms with Crippen LogP contribution in [0.4, 0.5) is 0 Å². The van der Waals surface area contributed by atoms with Crippen LogP contribution in [0.25, 0.3) is 54.5 Å². The van der Waals surface area contributed by atoms with Gasteiger partial charge in [0.05, 0.1) is 11.1 Å². The van der Waals surface area contributed by atoms with Crippen molar-refractivity contribution in [3.8, 4) is 22.5 Å². The normalized spacial score (nSPS) is 18.2. The maximum absolute atomic E-state index is 6.96. The van der Waals surface area contributed by atoms with Crippen LogP contribution in [0.2, 0.25) is 0 Å². The molecule has 4 heteroatoms. The van der Waals surface area contributed by atoms with Gasteiger partial charge >= 0.3 is 0 Å². The van der Waals surface area contributed by atoms with Crippen LogP contribution in [0.3, 0.4) is 0 Å². The van der Waals surface area contributed by atoms with Crippen molar-refractivity contribution in [3.63, 3.8) is 0 Å². The third-order valence-electron chi connectivity index (χ3n) is 10.0. The van der Waals surface area contributed by atoms with Gasteiger partial charge in [0.15, 0.2) is 25.0 Å². The van der Waals surface area contributed by atoms with Gasteiger partial charge in [-0.05, 0) is 77.2 Å². The second kappa shape index (κ2) is 9.73. The van der Waals surface area contributed by atoms with Crippen LogP contribution in [0.1, 0.15) is 55.0 Å². The molecule has 3 nitrogen and oxygen atoms in total. The Bertz CT molecular complexity index is 2350. The van der Waals surface area contributed by atoms with E-state index in [1.54, 1.807) is 11.3 Å². The second-order valence-electron chi connectivity index (χ2n) is 13.9. The number of furan rings is 1. The van der Waals surface area contributed by atoms with Crippen molar-refractivity contribution in [1.29, 1.82) is 0 Å². The van der Waals surface area contributed by atoms with Gasteiger partial charge < -0.3 is 4.42 Å². The maximum Gasteiger partial charge on any atom is 0.216 e. The maximum atomic E-state index is 6.96. The van der Waals surface area contributed by atoms with Gasteiger partial charge in [0, 0.05) is 44.6 Å². The monoisotopic (exact) mass is 604 g/mol. The molecule has 0 aliphatic carbocycles. The molecular formula is C41H36N2OS+2. The van der Waals surface area contributed by atoms with Gasteiger partial charge in [-0.1, -0.05) is 57.2 Å². The van der Waals surface area contributed by atoms with E-state index in [4.69, 9.17) is 4.42 Å². The molecule has 2 aliphatic heterocycles. The number of benzene rings is 3. The van der Waals surface area contributed by atoms with Crippen molar-refractivity contribution in [2.45, 2.75) is 58.0 Å². The summed E-state index contributed by atoms with van der Waals surface area (Å²) in [5.41, 5.74) is 12.4. The highest BCUT2D eigenvalue weighted by molar-refractivity contribution is 7.17. The number of hydrogen-bond acceptors (Lipinski definition) is 2. The third-order valence-corrected chi connectivity index (χ3v) is 10.9. The van der Waals surface area contributed by atoms with Crippen LogP contribution in [0.15, 0.2) is 113 Å². The minimum absolute atomic E-state index is 0.0158. The Morgan fingerprint density at radius 1 is 0.844 bits per heavy atom. The predicted molar refractivity (Wildman–Crippen MR) is 185 cm³/mol. The van der Waals surface area contributed by atoms with Crippen LogP contribution in [0.5, 0.6) is 0 Å². The van der Waals surface area contributed by atoms with Gasteiger partial charge in [-0.15, -0.1) is 11.3 Å². The molecule has 45 heavy (non-hydrogen) atoms. The first-order valence-electron chi connectivity index (χ1n) is 16.0. The molecule has 0 amide bonds. The number of fused-ring (bicyclic) bond motifs is 15. The number of aromatic nitrogens is 2. The SMILES string of the molecule is Cc1ccc2[n+](c1)C1/C=C/Cc3ccc4c(oc5c6ccsc6ccc45)c3-c3cc(C(C)(C)C)cc[n+]3CC1c1ccccc1-2. The molecule has 0 saturated heterocycles. The lowest BCUT2D eigenvalue weighted by Gasteiger charge is -2.28. The van der Waals surface area contributed by atoms with E-state index >= 15 is 0 Å². The number of thiophene rings is 1. The average Bonchev–Trinajstić information content (AvgIpc) is 3.66. The Labute approximate surface area is 267 Å². The van der Waals surface area contributed by atoms with E-state index in [9.17, 15) is 0 Å². The Hall–Kier alpha value is -4.54. The summed E-state index contributed by atoms with van der Waals surface area (Å²) in [5.74, 6) is 0.267. The van der Waals surface area contributed by atoms with Gasteiger partial charge in [-0.25, -0.2) is 0 Å². The number of rotatable bonds is 0. The minimum Gasteiger partial charge on any atom is -0.454 e. The fourth-order valence-electron chi connectivity index (χ4n) is 7.72.